The smallest absolute Gasteiger partial charge is 0.254 e. The average Bonchev–Trinajstić information content (AvgIpc) is 3.07. The first kappa shape index (κ1) is 22.4. The van der Waals surface area contributed by atoms with E-state index >= 15 is 0 Å². The van der Waals surface area contributed by atoms with Gasteiger partial charge in [0.15, 0.2) is 0 Å². The lowest BCUT2D eigenvalue weighted by Gasteiger charge is -2.19. The van der Waals surface area contributed by atoms with Crippen LogP contribution in [0.25, 0.3) is 0 Å². The first-order valence-electron chi connectivity index (χ1n) is 9.99. The first-order chi connectivity index (χ1) is 14.6. The summed E-state index contributed by atoms with van der Waals surface area (Å²) in [6, 6.07) is 8.70. The Morgan fingerprint density at radius 3 is 2.48 bits per heavy atom. The lowest BCUT2D eigenvalue weighted by molar-refractivity contribution is 0.0649. The molecule has 3 atom stereocenters. The number of nitrogens with zero attached hydrogens (tertiary/aromatic N) is 2. The molecule has 1 aromatic carbocycles. The number of alkyl halides is 2. The van der Waals surface area contributed by atoms with Gasteiger partial charge in [0.1, 0.15) is 16.5 Å². The van der Waals surface area contributed by atoms with Crippen molar-refractivity contribution in [1.29, 1.82) is 0 Å². The van der Waals surface area contributed by atoms with Gasteiger partial charge in [0, 0.05) is 38.2 Å². The predicted molar refractivity (Wildman–Crippen MR) is 117 cm³/mol. The zero-order valence-electron chi connectivity index (χ0n) is 17.2. The lowest BCUT2D eigenvalue weighted by atomic mass is 10.0. The van der Waals surface area contributed by atoms with Crippen LogP contribution < -0.4 is 10.1 Å². The molecule has 10 heteroatoms. The number of pyridine rings is 1. The topological polar surface area (TPSA) is 71.5 Å². The molecule has 1 heterocycles. The molecule has 0 radical (unpaired) electrons. The molecule has 0 spiro atoms. The van der Waals surface area contributed by atoms with E-state index in [0.717, 1.165) is 5.56 Å². The van der Waals surface area contributed by atoms with Crippen molar-refractivity contribution in [2.75, 3.05) is 26.0 Å². The summed E-state index contributed by atoms with van der Waals surface area (Å²) in [4.78, 5) is 4.32. The molecule has 1 N–H and O–H groups in total. The average molecular weight is 516 g/mol. The maximum absolute atomic E-state index is 13.3. The zero-order chi connectivity index (χ0) is 22.4. The van der Waals surface area contributed by atoms with Gasteiger partial charge in [-0.3, -0.25) is 0 Å². The number of hydrogen-bond acceptors (Lipinski definition) is 5. The monoisotopic (exact) mass is 515 g/mol. The lowest BCUT2D eigenvalue weighted by Crippen LogP contribution is -2.26. The number of halogens is 3. The number of nitrogens with one attached hydrogen (secondary N) is 1. The van der Waals surface area contributed by atoms with Gasteiger partial charge >= 0.3 is 0 Å². The molecule has 2 aromatic rings. The molecule has 168 valence electrons. The Labute approximate surface area is 189 Å². The van der Waals surface area contributed by atoms with Crippen LogP contribution in [-0.4, -0.2) is 44.3 Å². The number of ether oxygens (including phenoxy) is 1. The quantitative estimate of drug-likeness (QED) is 0.564. The van der Waals surface area contributed by atoms with Crippen LogP contribution in [0.2, 0.25) is 0 Å². The molecule has 4 rings (SSSR count). The fourth-order valence-electron chi connectivity index (χ4n) is 4.27. The van der Waals surface area contributed by atoms with Gasteiger partial charge in [0.2, 0.25) is 10.0 Å². The van der Waals surface area contributed by atoms with Gasteiger partial charge in [-0.25, -0.2) is 22.2 Å². The van der Waals surface area contributed by atoms with E-state index in [4.69, 9.17) is 4.74 Å². The van der Waals surface area contributed by atoms with Crippen molar-refractivity contribution in [3.05, 3.63) is 46.6 Å². The van der Waals surface area contributed by atoms with Gasteiger partial charge in [-0.05, 0) is 58.5 Å². The van der Waals surface area contributed by atoms with Crippen LogP contribution >= 0.6 is 15.9 Å². The standard InChI is InChI=1S/C21H24BrF2N3O3S/c1-27(12-13-3-5-15(30-2)6-4-13)31(28,29)16-9-19(22)20(26-11-16)25-10-14-7-17-18(8-14)21(17,23)24/h3-6,9,11,14,17-18H,7-8,10,12H2,1-2H3,(H,25,26)/t14?,17-,18+. The molecular formula is C21H24BrF2N3O3S. The Morgan fingerprint density at radius 1 is 1.26 bits per heavy atom. The zero-order valence-corrected chi connectivity index (χ0v) is 19.6. The molecule has 2 aliphatic rings. The van der Waals surface area contributed by atoms with E-state index in [2.05, 4.69) is 26.2 Å². The molecule has 31 heavy (non-hydrogen) atoms. The second-order valence-electron chi connectivity index (χ2n) is 8.22. The van der Waals surface area contributed by atoms with E-state index in [1.807, 2.05) is 12.1 Å². The highest BCUT2D eigenvalue weighted by atomic mass is 79.9. The number of sulfonamides is 1. The third-order valence-electron chi connectivity index (χ3n) is 6.19. The van der Waals surface area contributed by atoms with Crippen LogP contribution in [0.4, 0.5) is 14.6 Å². The van der Waals surface area contributed by atoms with Gasteiger partial charge in [0.05, 0.1) is 11.6 Å². The Bertz CT molecular complexity index is 1050. The summed E-state index contributed by atoms with van der Waals surface area (Å²) < 4.78 is 59.4. The summed E-state index contributed by atoms with van der Waals surface area (Å²) >= 11 is 3.38. The summed E-state index contributed by atoms with van der Waals surface area (Å²) in [7, 11) is -0.651. The van der Waals surface area contributed by atoms with Crippen LogP contribution in [0.5, 0.6) is 5.75 Å². The molecule has 6 nitrogen and oxygen atoms in total. The van der Waals surface area contributed by atoms with Crippen molar-refractivity contribution >= 4 is 31.8 Å². The molecule has 0 aliphatic heterocycles. The van der Waals surface area contributed by atoms with E-state index in [9.17, 15) is 17.2 Å². The molecular weight excluding hydrogens is 492 g/mol. The van der Waals surface area contributed by atoms with Crippen molar-refractivity contribution in [3.63, 3.8) is 0 Å². The third-order valence-corrected chi connectivity index (χ3v) is 8.56. The van der Waals surface area contributed by atoms with Crippen LogP contribution in [-0.2, 0) is 16.6 Å². The number of methoxy groups -OCH3 is 1. The Balaban J connectivity index is 1.37. The van der Waals surface area contributed by atoms with Gasteiger partial charge in [-0.2, -0.15) is 4.31 Å². The van der Waals surface area contributed by atoms with Crippen molar-refractivity contribution in [2.24, 2.45) is 17.8 Å². The Morgan fingerprint density at radius 2 is 1.90 bits per heavy atom. The fraction of sp³-hybridized carbons (Fsp3) is 0.476. The van der Waals surface area contributed by atoms with Gasteiger partial charge in [0.25, 0.3) is 5.92 Å². The van der Waals surface area contributed by atoms with Crippen LogP contribution in [0, 0.1) is 17.8 Å². The van der Waals surface area contributed by atoms with Gasteiger partial charge in [-0.1, -0.05) is 12.1 Å². The highest BCUT2D eigenvalue weighted by molar-refractivity contribution is 9.10. The molecule has 0 amide bonds. The Hall–Kier alpha value is -1.78. The van der Waals surface area contributed by atoms with Crippen molar-refractivity contribution in [2.45, 2.75) is 30.2 Å². The van der Waals surface area contributed by atoms with Crippen LogP contribution in [0.1, 0.15) is 18.4 Å². The summed E-state index contributed by atoms with van der Waals surface area (Å²) in [5.41, 5.74) is 0.831. The molecule has 2 aliphatic carbocycles. The second-order valence-corrected chi connectivity index (χ2v) is 11.1. The van der Waals surface area contributed by atoms with Crippen molar-refractivity contribution in [1.82, 2.24) is 9.29 Å². The largest absolute Gasteiger partial charge is 0.497 e. The van der Waals surface area contributed by atoms with E-state index in [0.29, 0.717) is 35.4 Å². The highest BCUT2D eigenvalue weighted by Gasteiger charge is 2.71. The highest BCUT2D eigenvalue weighted by Crippen LogP contribution is 2.65. The molecule has 2 fully saturated rings. The fourth-order valence-corrected chi connectivity index (χ4v) is 6.04. The predicted octanol–water partition coefficient (Wildman–Crippen LogP) is 4.38. The van der Waals surface area contributed by atoms with Crippen molar-refractivity contribution in [3.8, 4) is 5.75 Å². The summed E-state index contributed by atoms with van der Waals surface area (Å²) in [5, 5.41) is 3.16. The van der Waals surface area contributed by atoms with Crippen LogP contribution in [0.15, 0.2) is 45.9 Å². The first-order valence-corrected chi connectivity index (χ1v) is 12.2. The minimum absolute atomic E-state index is 0.0719. The number of rotatable bonds is 8. The van der Waals surface area contributed by atoms with Crippen LogP contribution in [0.3, 0.4) is 0 Å². The number of anilines is 1. The van der Waals surface area contributed by atoms with Crippen molar-refractivity contribution < 1.29 is 21.9 Å². The SMILES string of the molecule is COc1ccc(CN(C)S(=O)(=O)c2cnc(NCC3C[C@@H]4[C@H](C3)C4(F)F)c(Br)c2)cc1. The summed E-state index contributed by atoms with van der Waals surface area (Å²) in [6.45, 7) is 0.747. The van der Waals surface area contributed by atoms with E-state index in [-0.39, 0.29) is 17.4 Å². The third kappa shape index (κ3) is 4.42. The minimum atomic E-state index is -3.74. The van der Waals surface area contributed by atoms with E-state index < -0.39 is 27.8 Å². The normalized spacial score (nSPS) is 24.1. The number of hydrogen-bond donors (Lipinski definition) is 1. The molecule has 0 bridgehead atoms. The number of fused-ring (bicyclic) bond motifs is 1. The molecule has 1 unspecified atom stereocenters. The number of aromatic nitrogens is 1. The summed E-state index contributed by atoms with van der Waals surface area (Å²) in [5.74, 6) is -2.02. The Kier molecular flexibility index (Phi) is 5.99. The minimum Gasteiger partial charge on any atom is -0.497 e. The second kappa shape index (κ2) is 8.29. The van der Waals surface area contributed by atoms with Gasteiger partial charge in [-0.15, -0.1) is 0 Å². The molecule has 0 saturated heterocycles. The summed E-state index contributed by atoms with van der Waals surface area (Å²) in [6.07, 6.45) is 2.35. The van der Waals surface area contributed by atoms with Gasteiger partial charge < -0.3 is 10.1 Å². The number of benzene rings is 1. The van der Waals surface area contributed by atoms with E-state index in [1.54, 1.807) is 19.2 Å². The molecule has 2 saturated carbocycles. The molecule has 1 aromatic heterocycles. The van der Waals surface area contributed by atoms with E-state index in [1.165, 1.54) is 23.6 Å². The maximum Gasteiger partial charge on any atom is 0.254 e. The maximum atomic E-state index is 13.3.